The van der Waals surface area contributed by atoms with Crippen molar-refractivity contribution >= 4 is 72.4 Å². The van der Waals surface area contributed by atoms with Gasteiger partial charge in [-0.3, -0.25) is 0 Å². The molecular weight excluding hydrogens is 326 g/mol. The van der Waals surface area contributed by atoms with E-state index in [1.54, 1.807) is 7.55 Å². The van der Waals surface area contributed by atoms with E-state index in [-0.39, 0.29) is 0 Å². The molecular formula is C6H6S3Se2. The van der Waals surface area contributed by atoms with Gasteiger partial charge in [0.2, 0.25) is 0 Å². The Morgan fingerprint density at radius 2 is 2.18 bits per heavy atom. The molecule has 60 valence electrons. The van der Waals surface area contributed by atoms with Crippen LogP contribution >= 0.6 is 34.9 Å². The second-order valence-electron chi connectivity index (χ2n) is 2.27. The van der Waals surface area contributed by atoms with Gasteiger partial charge in [-0.1, -0.05) is 0 Å². The maximum atomic E-state index is 5.18. The molecule has 0 aromatic carbocycles. The molecule has 11 heavy (non-hydrogen) atoms. The van der Waals surface area contributed by atoms with E-state index in [0.717, 1.165) is 37.9 Å². The van der Waals surface area contributed by atoms with Gasteiger partial charge >= 0.3 is 92.6 Å². The third-order valence-electron chi connectivity index (χ3n) is 1.28. The topological polar surface area (TPSA) is 0 Å². The Balaban J connectivity index is 2.41. The molecule has 0 saturated heterocycles. The van der Waals surface area contributed by atoms with Gasteiger partial charge in [0.25, 0.3) is 0 Å². The van der Waals surface area contributed by atoms with Gasteiger partial charge in [-0.25, -0.2) is 0 Å². The Morgan fingerprint density at radius 1 is 1.45 bits per heavy atom. The van der Waals surface area contributed by atoms with E-state index in [1.165, 1.54) is 5.32 Å². The zero-order chi connectivity index (χ0) is 7.84. The van der Waals surface area contributed by atoms with Crippen LogP contribution in [0.1, 0.15) is 6.92 Å². The van der Waals surface area contributed by atoms with Crippen molar-refractivity contribution in [3.05, 3.63) is 3.14 Å². The number of hydrogen-bond donors (Lipinski definition) is 0. The Kier molecular flexibility index (Phi) is 2.90. The van der Waals surface area contributed by atoms with Crippen LogP contribution in [-0.4, -0.2) is 29.9 Å². The summed E-state index contributed by atoms with van der Waals surface area (Å²) in [6, 6.07) is 0. The first-order valence-corrected chi connectivity index (χ1v) is 9.14. The van der Waals surface area contributed by atoms with Crippen molar-refractivity contribution in [3.63, 3.8) is 0 Å². The molecule has 1 unspecified atom stereocenters. The van der Waals surface area contributed by atoms with Crippen LogP contribution in [0.4, 0.5) is 0 Å². The van der Waals surface area contributed by atoms with E-state index in [4.69, 9.17) is 12.2 Å². The molecule has 1 aliphatic heterocycles. The van der Waals surface area contributed by atoms with Crippen molar-refractivity contribution in [1.29, 1.82) is 0 Å². The van der Waals surface area contributed by atoms with Gasteiger partial charge < -0.3 is 0 Å². The first-order valence-electron chi connectivity index (χ1n) is 3.19. The van der Waals surface area contributed by atoms with Crippen molar-refractivity contribution in [3.8, 4) is 0 Å². The van der Waals surface area contributed by atoms with Crippen molar-refractivity contribution < 1.29 is 0 Å². The monoisotopic (exact) mass is 334 g/mol. The molecule has 0 amide bonds. The first-order chi connectivity index (χ1) is 5.25. The molecule has 0 N–H and O–H groups in total. The van der Waals surface area contributed by atoms with Crippen LogP contribution < -0.4 is 7.55 Å². The second kappa shape index (κ2) is 3.59. The van der Waals surface area contributed by atoms with Gasteiger partial charge in [0, 0.05) is 0 Å². The van der Waals surface area contributed by atoms with Gasteiger partial charge in [-0.15, -0.1) is 0 Å². The molecule has 0 fully saturated rings. The average Bonchev–Trinajstić information content (AvgIpc) is 2.27. The minimum atomic E-state index is 0.744. The SMILES string of the molecule is CC1C[Se]c2sc(=S)sc2[Se]1. The Morgan fingerprint density at radius 3 is 3.00 bits per heavy atom. The normalized spacial score (nSPS) is 23.2. The van der Waals surface area contributed by atoms with E-state index in [0.29, 0.717) is 0 Å². The van der Waals surface area contributed by atoms with Crippen molar-refractivity contribution in [2.75, 3.05) is 0 Å². The summed E-state index contributed by atoms with van der Waals surface area (Å²) in [6.45, 7) is 2.37. The summed E-state index contributed by atoms with van der Waals surface area (Å²) >= 11 is 10.4. The molecule has 5 heteroatoms. The molecule has 2 rings (SSSR count). The summed E-state index contributed by atoms with van der Waals surface area (Å²) in [5, 5.41) is 1.45. The van der Waals surface area contributed by atoms with Gasteiger partial charge in [-0.2, -0.15) is 0 Å². The van der Waals surface area contributed by atoms with Gasteiger partial charge in [0.05, 0.1) is 0 Å². The van der Waals surface area contributed by atoms with E-state index in [2.05, 4.69) is 6.92 Å². The summed E-state index contributed by atoms with van der Waals surface area (Å²) in [5.74, 6) is 0. The predicted molar refractivity (Wildman–Crippen MR) is 58.0 cm³/mol. The summed E-state index contributed by atoms with van der Waals surface area (Å²) in [4.78, 5) is 0.968. The fraction of sp³-hybridized carbons (Fsp3) is 0.500. The van der Waals surface area contributed by atoms with Gasteiger partial charge in [0.1, 0.15) is 0 Å². The third-order valence-corrected chi connectivity index (χ3v) is 12.4. The minimum absolute atomic E-state index is 0.744. The fourth-order valence-corrected chi connectivity index (χ4v) is 13.1. The quantitative estimate of drug-likeness (QED) is 0.512. The van der Waals surface area contributed by atoms with E-state index < -0.39 is 0 Å². The predicted octanol–water partition coefficient (Wildman–Crippen LogP) is 1.44. The van der Waals surface area contributed by atoms with Gasteiger partial charge in [-0.05, 0) is 0 Å². The van der Waals surface area contributed by atoms with Crippen molar-refractivity contribution in [2.24, 2.45) is 0 Å². The molecule has 1 aliphatic rings. The Bertz CT molecular complexity index is 314. The summed E-state index contributed by atoms with van der Waals surface area (Å²) in [5.41, 5.74) is 0. The number of fused-ring (bicyclic) bond motifs is 1. The van der Waals surface area contributed by atoms with E-state index >= 15 is 0 Å². The maximum absolute atomic E-state index is 5.18. The van der Waals surface area contributed by atoms with Crippen LogP contribution in [-0.2, 0) is 0 Å². The van der Waals surface area contributed by atoms with Gasteiger partial charge in [0.15, 0.2) is 0 Å². The van der Waals surface area contributed by atoms with Crippen molar-refractivity contribution in [1.82, 2.24) is 0 Å². The van der Waals surface area contributed by atoms with Crippen molar-refractivity contribution in [2.45, 2.75) is 17.1 Å². The molecule has 0 saturated carbocycles. The molecule has 0 bridgehead atoms. The second-order valence-corrected chi connectivity index (χ2v) is 11.9. The van der Waals surface area contributed by atoms with Crippen LogP contribution in [0.15, 0.2) is 0 Å². The van der Waals surface area contributed by atoms with Crippen LogP contribution in [0, 0.1) is 3.14 Å². The number of hydrogen-bond acceptors (Lipinski definition) is 3. The molecule has 0 nitrogen and oxygen atoms in total. The third kappa shape index (κ3) is 1.97. The van der Waals surface area contributed by atoms with Crippen LogP contribution in [0.5, 0.6) is 0 Å². The zero-order valence-corrected chi connectivity index (χ0v) is 11.7. The average molecular weight is 332 g/mol. The van der Waals surface area contributed by atoms with Crippen LogP contribution in [0.25, 0.3) is 0 Å². The Hall–Kier alpha value is 1.31. The first kappa shape index (κ1) is 8.89. The van der Waals surface area contributed by atoms with Crippen LogP contribution in [0.2, 0.25) is 10.1 Å². The molecule has 2 heterocycles. The molecule has 1 aromatic heterocycles. The summed E-state index contributed by atoms with van der Waals surface area (Å²) in [6.07, 6.45) is 0. The molecule has 0 aliphatic carbocycles. The Labute approximate surface area is 91.7 Å². The zero-order valence-electron chi connectivity index (χ0n) is 5.83. The molecule has 0 spiro atoms. The molecule has 1 atom stereocenters. The standard InChI is InChI=1S/C6H6S3Se2/c1-3-2-10-4-5(11-3)9-6(7)8-4/h3H,2H2,1H3. The van der Waals surface area contributed by atoms with Crippen LogP contribution in [0.3, 0.4) is 0 Å². The molecule has 0 radical (unpaired) electrons. The summed E-state index contributed by atoms with van der Waals surface area (Å²) in [7, 11) is 0. The van der Waals surface area contributed by atoms with E-state index in [1.807, 2.05) is 22.7 Å². The number of rotatable bonds is 0. The fourth-order valence-electron chi connectivity index (χ4n) is 0.826. The van der Waals surface area contributed by atoms with E-state index in [9.17, 15) is 0 Å². The molecule has 1 aromatic rings. The summed E-state index contributed by atoms with van der Waals surface area (Å²) < 4.78 is 4.46.